The summed E-state index contributed by atoms with van der Waals surface area (Å²) in [7, 11) is 0. The van der Waals surface area contributed by atoms with E-state index < -0.39 is 0 Å². The molecule has 122 valence electrons. The minimum absolute atomic E-state index is 0.119. The first-order valence-electron chi connectivity index (χ1n) is 8.07. The molecule has 3 rings (SSSR count). The fraction of sp³-hybridized carbons (Fsp3) is 0.444. The molecule has 0 unspecified atom stereocenters. The number of carbonyl (C=O) groups excluding carboxylic acids is 1. The van der Waals surface area contributed by atoms with Crippen LogP contribution in [0, 0.1) is 5.41 Å². The number of hydrogen-bond donors (Lipinski definition) is 2. The van der Waals surface area contributed by atoms with Crippen LogP contribution >= 0.6 is 11.6 Å². The molecule has 1 amide bonds. The Kier molecular flexibility index (Phi) is 4.83. The van der Waals surface area contributed by atoms with Gasteiger partial charge in [-0.2, -0.15) is 0 Å². The molecule has 2 aromatic rings. The zero-order chi connectivity index (χ0) is 16.3. The number of pyridine rings is 1. The second kappa shape index (κ2) is 6.85. The van der Waals surface area contributed by atoms with Crippen molar-refractivity contribution >= 4 is 28.4 Å². The molecule has 1 aliphatic rings. The predicted molar refractivity (Wildman–Crippen MR) is 91.7 cm³/mol. The van der Waals surface area contributed by atoms with Gasteiger partial charge in [-0.25, -0.2) is 4.98 Å². The Balaban J connectivity index is 1.72. The summed E-state index contributed by atoms with van der Waals surface area (Å²) in [5.41, 5.74) is 0.914. The molecule has 1 heterocycles. The van der Waals surface area contributed by atoms with Crippen LogP contribution in [-0.2, 0) is 0 Å². The highest BCUT2D eigenvalue weighted by Crippen LogP contribution is 2.35. The summed E-state index contributed by atoms with van der Waals surface area (Å²) < 4.78 is 0. The number of nitrogens with one attached hydrogen (secondary N) is 1. The predicted octanol–water partition coefficient (Wildman–Crippen LogP) is 3.56. The molecule has 23 heavy (non-hydrogen) atoms. The van der Waals surface area contributed by atoms with Gasteiger partial charge in [-0.1, -0.05) is 43.0 Å². The van der Waals surface area contributed by atoms with E-state index in [9.17, 15) is 9.90 Å². The molecule has 0 spiro atoms. The summed E-state index contributed by atoms with van der Waals surface area (Å²) >= 11 is 5.98. The Labute approximate surface area is 140 Å². The van der Waals surface area contributed by atoms with Crippen molar-refractivity contribution in [3.05, 3.63) is 41.0 Å². The van der Waals surface area contributed by atoms with Crippen LogP contribution in [0.25, 0.3) is 10.9 Å². The molecule has 1 aromatic heterocycles. The summed E-state index contributed by atoms with van der Waals surface area (Å²) in [6.07, 6.45) is 5.37. The molecule has 1 aliphatic carbocycles. The number of fused-ring (bicyclic) bond motifs is 1. The van der Waals surface area contributed by atoms with Gasteiger partial charge < -0.3 is 10.4 Å². The van der Waals surface area contributed by atoms with Gasteiger partial charge in [0.05, 0.1) is 12.1 Å². The van der Waals surface area contributed by atoms with E-state index in [2.05, 4.69) is 10.3 Å². The number of aliphatic hydroxyl groups excluding tert-OH is 1. The van der Waals surface area contributed by atoms with Crippen LogP contribution in [0.4, 0.5) is 0 Å². The van der Waals surface area contributed by atoms with E-state index >= 15 is 0 Å². The van der Waals surface area contributed by atoms with Crippen molar-refractivity contribution in [2.75, 3.05) is 13.2 Å². The third-order valence-electron chi connectivity index (χ3n) is 4.76. The smallest absolute Gasteiger partial charge is 0.269 e. The first-order chi connectivity index (χ1) is 11.1. The van der Waals surface area contributed by atoms with Gasteiger partial charge in [-0.15, -0.1) is 0 Å². The largest absolute Gasteiger partial charge is 0.396 e. The molecule has 0 atom stereocenters. The molecule has 2 N–H and O–H groups in total. The molecule has 5 heteroatoms. The van der Waals surface area contributed by atoms with Crippen LogP contribution in [0.2, 0.25) is 5.02 Å². The molecule has 0 aliphatic heterocycles. The Morgan fingerprint density at radius 3 is 2.70 bits per heavy atom. The zero-order valence-corrected chi connectivity index (χ0v) is 13.8. The molecule has 4 nitrogen and oxygen atoms in total. The molecular formula is C18H21ClN2O2. The van der Waals surface area contributed by atoms with Crippen LogP contribution in [-0.4, -0.2) is 29.1 Å². The number of halogens is 1. The Morgan fingerprint density at radius 2 is 1.96 bits per heavy atom. The summed E-state index contributed by atoms with van der Waals surface area (Å²) in [5, 5.41) is 14.2. The van der Waals surface area contributed by atoms with E-state index in [1.807, 2.05) is 12.1 Å². The SMILES string of the molecule is O=C(NCC1(CO)CCCCC1)c1ccc2ccc(Cl)cc2n1. The first kappa shape index (κ1) is 16.2. The minimum atomic E-state index is -0.203. The zero-order valence-electron chi connectivity index (χ0n) is 13.0. The third kappa shape index (κ3) is 3.65. The van der Waals surface area contributed by atoms with E-state index in [1.165, 1.54) is 6.42 Å². The van der Waals surface area contributed by atoms with E-state index in [0.29, 0.717) is 22.8 Å². The number of hydrogen-bond acceptors (Lipinski definition) is 3. The van der Waals surface area contributed by atoms with Gasteiger partial charge in [-0.3, -0.25) is 4.79 Å². The highest BCUT2D eigenvalue weighted by Gasteiger charge is 2.31. The van der Waals surface area contributed by atoms with Crippen molar-refractivity contribution in [1.29, 1.82) is 0 Å². The van der Waals surface area contributed by atoms with E-state index in [-0.39, 0.29) is 17.9 Å². The van der Waals surface area contributed by atoms with Crippen molar-refractivity contribution in [3.8, 4) is 0 Å². The van der Waals surface area contributed by atoms with Gasteiger partial charge in [0.2, 0.25) is 0 Å². The average Bonchev–Trinajstić information content (AvgIpc) is 2.59. The quantitative estimate of drug-likeness (QED) is 0.899. The highest BCUT2D eigenvalue weighted by molar-refractivity contribution is 6.31. The van der Waals surface area contributed by atoms with Gasteiger partial charge in [0.25, 0.3) is 5.91 Å². The van der Waals surface area contributed by atoms with E-state index in [1.54, 1.807) is 18.2 Å². The van der Waals surface area contributed by atoms with Gasteiger partial charge in [-0.05, 0) is 31.0 Å². The van der Waals surface area contributed by atoms with Crippen LogP contribution in [0.15, 0.2) is 30.3 Å². The maximum absolute atomic E-state index is 12.4. The summed E-state index contributed by atoms with van der Waals surface area (Å²) in [4.78, 5) is 16.8. The van der Waals surface area contributed by atoms with Gasteiger partial charge >= 0.3 is 0 Å². The van der Waals surface area contributed by atoms with Crippen LogP contribution in [0.3, 0.4) is 0 Å². The standard InChI is InChI=1S/C18H21ClN2O2/c19-14-6-4-13-5-7-15(21-16(13)10-14)17(23)20-11-18(12-22)8-2-1-3-9-18/h4-7,10,22H,1-3,8-9,11-12H2,(H,20,23). The van der Waals surface area contributed by atoms with Gasteiger partial charge in [0.15, 0.2) is 0 Å². The van der Waals surface area contributed by atoms with E-state index in [4.69, 9.17) is 11.6 Å². The van der Waals surface area contributed by atoms with Crippen molar-refractivity contribution in [3.63, 3.8) is 0 Å². The first-order valence-corrected chi connectivity index (χ1v) is 8.45. The highest BCUT2D eigenvalue weighted by atomic mass is 35.5. The second-order valence-corrected chi connectivity index (χ2v) is 6.87. The number of carbonyl (C=O) groups is 1. The topological polar surface area (TPSA) is 62.2 Å². The second-order valence-electron chi connectivity index (χ2n) is 6.43. The molecule has 0 saturated heterocycles. The van der Waals surface area contributed by atoms with Crippen molar-refractivity contribution < 1.29 is 9.90 Å². The van der Waals surface area contributed by atoms with Crippen LogP contribution in [0.5, 0.6) is 0 Å². The van der Waals surface area contributed by atoms with Crippen molar-refractivity contribution in [2.24, 2.45) is 5.41 Å². The Morgan fingerprint density at radius 1 is 1.22 bits per heavy atom. The average molecular weight is 333 g/mol. The molecule has 1 fully saturated rings. The summed E-state index contributed by atoms with van der Waals surface area (Å²) in [6, 6.07) is 9.03. The normalized spacial score (nSPS) is 17.1. The monoisotopic (exact) mass is 332 g/mol. The lowest BCUT2D eigenvalue weighted by Gasteiger charge is -2.35. The van der Waals surface area contributed by atoms with Crippen LogP contribution < -0.4 is 5.32 Å². The fourth-order valence-electron chi connectivity index (χ4n) is 3.27. The fourth-order valence-corrected chi connectivity index (χ4v) is 3.43. The summed E-state index contributed by atoms with van der Waals surface area (Å²) in [5.74, 6) is -0.203. The molecular weight excluding hydrogens is 312 g/mol. The lowest BCUT2D eigenvalue weighted by atomic mass is 9.74. The van der Waals surface area contributed by atoms with Gasteiger partial charge in [0, 0.05) is 22.4 Å². The number of aromatic nitrogens is 1. The molecule has 0 radical (unpaired) electrons. The maximum Gasteiger partial charge on any atom is 0.269 e. The number of amides is 1. The lowest BCUT2D eigenvalue weighted by Crippen LogP contribution is -2.41. The molecule has 1 aromatic carbocycles. The number of benzene rings is 1. The lowest BCUT2D eigenvalue weighted by molar-refractivity contribution is 0.0715. The minimum Gasteiger partial charge on any atom is -0.396 e. The number of rotatable bonds is 4. The Bertz CT molecular complexity index is 711. The van der Waals surface area contributed by atoms with Crippen LogP contribution in [0.1, 0.15) is 42.6 Å². The van der Waals surface area contributed by atoms with E-state index in [0.717, 1.165) is 31.1 Å². The van der Waals surface area contributed by atoms with Crippen molar-refractivity contribution in [1.82, 2.24) is 10.3 Å². The molecule has 1 saturated carbocycles. The van der Waals surface area contributed by atoms with Crippen molar-refractivity contribution in [2.45, 2.75) is 32.1 Å². The Hall–Kier alpha value is -1.65. The summed E-state index contributed by atoms with van der Waals surface area (Å²) in [6.45, 7) is 0.617. The maximum atomic E-state index is 12.4. The number of aliphatic hydroxyl groups is 1. The third-order valence-corrected chi connectivity index (χ3v) is 5.00. The molecule has 0 bridgehead atoms. The number of nitrogens with zero attached hydrogens (tertiary/aromatic N) is 1. The van der Waals surface area contributed by atoms with Gasteiger partial charge in [0.1, 0.15) is 5.69 Å².